The lowest BCUT2D eigenvalue weighted by atomic mass is 10.1. The second-order valence-corrected chi connectivity index (χ2v) is 4.60. The molecular weight excluding hydrogens is 280 g/mol. The Morgan fingerprint density at radius 3 is 2.35 bits per heavy atom. The molecule has 0 unspecified atom stereocenters. The maximum absolute atomic E-state index is 9.14. The number of halogens is 3. The Kier molecular flexibility index (Phi) is 3.89. The van der Waals surface area contributed by atoms with E-state index in [0.717, 1.165) is 5.56 Å². The summed E-state index contributed by atoms with van der Waals surface area (Å²) in [6, 6.07) is 6.99. The lowest BCUT2D eigenvalue weighted by Crippen LogP contribution is -1.91. The molecule has 1 N–H and O–H groups in total. The van der Waals surface area contributed by atoms with Crippen molar-refractivity contribution >= 4 is 34.8 Å². The highest BCUT2D eigenvalue weighted by Crippen LogP contribution is 2.35. The van der Waals surface area contributed by atoms with Crippen molar-refractivity contribution in [3.63, 3.8) is 0 Å². The lowest BCUT2D eigenvalue weighted by molar-refractivity contribution is 0.281. The number of aliphatic hydroxyl groups excluding tert-OH is 1. The average Bonchev–Trinajstić information content (AvgIpc) is 2.31. The Hall–Kier alpha value is -0.800. The molecule has 2 nitrogen and oxygen atoms in total. The lowest BCUT2D eigenvalue weighted by Gasteiger charge is -2.08. The summed E-state index contributed by atoms with van der Waals surface area (Å²) in [6.07, 6.45) is 1.58. The minimum absolute atomic E-state index is 0.179. The molecule has 0 radical (unpaired) electrons. The Morgan fingerprint density at radius 2 is 1.76 bits per heavy atom. The maximum Gasteiger partial charge on any atom is 0.134 e. The van der Waals surface area contributed by atoms with Gasteiger partial charge in [-0.2, -0.15) is 0 Å². The number of nitrogens with zero attached hydrogens (tertiary/aromatic N) is 1. The van der Waals surface area contributed by atoms with E-state index in [9.17, 15) is 0 Å². The van der Waals surface area contributed by atoms with Gasteiger partial charge in [0.1, 0.15) is 5.15 Å². The number of rotatable bonds is 2. The predicted molar refractivity (Wildman–Crippen MR) is 70.6 cm³/mol. The number of aliphatic hydroxyl groups is 1. The van der Waals surface area contributed by atoms with Crippen LogP contribution in [0.5, 0.6) is 0 Å². The van der Waals surface area contributed by atoms with E-state index in [1.165, 1.54) is 0 Å². The van der Waals surface area contributed by atoms with E-state index in [0.29, 0.717) is 21.2 Å². The maximum atomic E-state index is 9.14. The average molecular weight is 289 g/mol. The summed E-state index contributed by atoms with van der Waals surface area (Å²) >= 11 is 18.0. The van der Waals surface area contributed by atoms with Gasteiger partial charge in [-0.3, -0.25) is 0 Å². The summed E-state index contributed by atoms with van der Waals surface area (Å²) in [5, 5.41) is 10.5. The largest absolute Gasteiger partial charge is 0.392 e. The first kappa shape index (κ1) is 12.7. The van der Waals surface area contributed by atoms with Crippen molar-refractivity contribution in [2.24, 2.45) is 0 Å². The molecule has 0 bridgehead atoms. The monoisotopic (exact) mass is 287 g/mol. The van der Waals surface area contributed by atoms with Crippen LogP contribution in [0.3, 0.4) is 0 Å². The van der Waals surface area contributed by atoms with Crippen LogP contribution in [-0.2, 0) is 6.61 Å². The molecule has 0 spiro atoms. The molecular formula is C12H8Cl3NO. The van der Waals surface area contributed by atoms with Gasteiger partial charge in [0.05, 0.1) is 6.61 Å². The van der Waals surface area contributed by atoms with E-state index < -0.39 is 0 Å². The van der Waals surface area contributed by atoms with Crippen molar-refractivity contribution in [2.45, 2.75) is 6.61 Å². The van der Waals surface area contributed by atoms with Crippen LogP contribution in [0.25, 0.3) is 11.1 Å². The third kappa shape index (κ3) is 2.55. The molecule has 0 saturated heterocycles. The van der Waals surface area contributed by atoms with Gasteiger partial charge in [-0.05, 0) is 18.2 Å². The van der Waals surface area contributed by atoms with Crippen LogP contribution in [0, 0.1) is 0 Å². The summed E-state index contributed by atoms with van der Waals surface area (Å²) in [4.78, 5) is 4.00. The van der Waals surface area contributed by atoms with Crippen LogP contribution in [0.4, 0.5) is 0 Å². The highest BCUT2D eigenvalue weighted by Gasteiger charge is 2.10. The molecule has 1 aromatic carbocycles. The van der Waals surface area contributed by atoms with Crippen LogP contribution in [-0.4, -0.2) is 10.1 Å². The second-order valence-electron chi connectivity index (χ2n) is 3.43. The fraction of sp³-hybridized carbons (Fsp3) is 0.0833. The van der Waals surface area contributed by atoms with Crippen molar-refractivity contribution in [3.05, 3.63) is 51.2 Å². The standard InChI is InChI=1S/C12H8Cl3NO/c13-9-2-1-3-10(14)11(9)7-4-8(6-17)12(15)16-5-7/h1-5,17H,6H2. The fourth-order valence-electron chi connectivity index (χ4n) is 1.51. The molecule has 88 valence electrons. The molecule has 0 atom stereocenters. The number of hydrogen-bond acceptors (Lipinski definition) is 2. The van der Waals surface area contributed by atoms with Gasteiger partial charge in [0.25, 0.3) is 0 Å². The first-order chi connectivity index (χ1) is 8.13. The van der Waals surface area contributed by atoms with Gasteiger partial charge in [0.15, 0.2) is 0 Å². The molecule has 17 heavy (non-hydrogen) atoms. The van der Waals surface area contributed by atoms with Crippen molar-refractivity contribution in [2.75, 3.05) is 0 Å². The zero-order chi connectivity index (χ0) is 12.4. The molecule has 0 aliphatic heterocycles. The van der Waals surface area contributed by atoms with Crippen molar-refractivity contribution < 1.29 is 5.11 Å². The Balaban J connectivity index is 2.61. The SMILES string of the molecule is OCc1cc(-c2c(Cl)cccc2Cl)cnc1Cl. The van der Waals surface area contributed by atoms with Gasteiger partial charge in [-0.15, -0.1) is 0 Å². The van der Waals surface area contributed by atoms with Crippen molar-refractivity contribution in [1.29, 1.82) is 0 Å². The molecule has 0 aliphatic carbocycles. The highest BCUT2D eigenvalue weighted by molar-refractivity contribution is 6.39. The zero-order valence-corrected chi connectivity index (χ0v) is 10.9. The van der Waals surface area contributed by atoms with Crippen LogP contribution in [0.15, 0.2) is 30.5 Å². The summed E-state index contributed by atoms with van der Waals surface area (Å²) in [5.41, 5.74) is 1.96. The van der Waals surface area contributed by atoms with Gasteiger partial charge in [0.2, 0.25) is 0 Å². The minimum Gasteiger partial charge on any atom is -0.392 e. The predicted octanol–water partition coefficient (Wildman–Crippen LogP) is 4.20. The molecule has 5 heteroatoms. The first-order valence-corrected chi connectivity index (χ1v) is 5.96. The summed E-state index contributed by atoms with van der Waals surface area (Å²) < 4.78 is 0. The van der Waals surface area contributed by atoms with Crippen LogP contribution < -0.4 is 0 Å². The molecule has 0 saturated carbocycles. The summed E-state index contributed by atoms with van der Waals surface area (Å²) in [7, 11) is 0. The third-order valence-electron chi connectivity index (χ3n) is 2.33. The summed E-state index contributed by atoms with van der Waals surface area (Å²) in [5.74, 6) is 0. The molecule has 2 aromatic rings. The Labute approximate surface area is 114 Å². The number of aromatic nitrogens is 1. The molecule has 2 rings (SSSR count). The molecule has 0 fully saturated rings. The van der Waals surface area contributed by atoms with E-state index in [4.69, 9.17) is 39.9 Å². The van der Waals surface area contributed by atoms with Crippen LogP contribution >= 0.6 is 34.8 Å². The Bertz CT molecular complexity index is 537. The van der Waals surface area contributed by atoms with Crippen molar-refractivity contribution in [1.82, 2.24) is 4.98 Å². The normalized spacial score (nSPS) is 10.6. The van der Waals surface area contributed by atoms with Gasteiger partial charge < -0.3 is 5.11 Å². The third-order valence-corrected chi connectivity index (χ3v) is 3.30. The number of pyridine rings is 1. The molecule has 1 aromatic heterocycles. The first-order valence-electron chi connectivity index (χ1n) is 4.83. The second kappa shape index (κ2) is 5.23. The highest BCUT2D eigenvalue weighted by atomic mass is 35.5. The summed E-state index contributed by atoms with van der Waals surface area (Å²) in [6.45, 7) is -0.179. The van der Waals surface area contributed by atoms with Gasteiger partial charge >= 0.3 is 0 Å². The van der Waals surface area contributed by atoms with E-state index in [-0.39, 0.29) is 11.8 Å². The topological polar surface area (TPSA) is 33.1 Å². The van der Waals surface area contributed by atoms with E-state index >= 15 is 0 Å². The van der Waals surface area contributed by atoms with Gasteiger partial charge in [0, 0.05) is 32.9 Å². The minimum atomic E-state index is -0.179. The fourth-order valence-corrected chi connectivity index (χ4v) is 2.29. The van der Waals surface area contributed by atoms with Gasteiger partial charge in [-0.25, -0.2) is 4.98 Å². The van der Waals surface area contributed by atoms with Crippen LogP contribution in [0.1, 0.15) is 5.56 Å². The zero-order valence-electron chi connectivity index (χ0n) is 8.62. The van der Waals surface area contributed by atoms with E-state index in [1.54, 1.807) is 30.5 Å². The van der Waals surface area contributed by atoms with E-state index in [1.807, 2.05) is 0 Å². The van der Waals surface area contributed by atoms with Gasteiger partial charge in [-0.1, -0.05) is 40.9 Å². The van der Waals surface area contributed by atoms with Crippen molar-refractivity contribution in [3.8, 4) is 11.1 Å². The number of benzene rings is 1. The smallest absolute Gasteiger partial charge is 0.134 e. The Morgan fingerprint density at radius 1 is 1.12 bits per heavy atom. The molecule has 0 aliphatic rings. The number of hydrogen-bond donors (Lipinski definition) is 1. The molecule has 1 heterocycles. The van der Waals surface area contributed by atoms with E-state index in [2.05, 4.69) is 4.98 Å². The van der Waals surface area contributed by atoms with Crippen LogP contribution in [0.2, 0.25) is 15.2 Å². The quantitative estimate of drug-likeness (QED) is 0.840. The molecule has 0 amide bonds.